The molecule has 5 nitrogen and oxygen atoms in total. The lowest BCUT2D eigenvalue weighted by Gasteiger charge is -2.32. The zero-order valence-electron chi connectivity index (χ0n) is 20.0. The third-order valence-electron chi connectivity index (χ3n) is 6.40. The van der Waals surface area contributed by atoms with Crippen molar-refractivity contribution in [2.75, 3.05) is 26.6 Å². The van der Waals surface area contributed by atoms with Crippen LogP contribution in [0, 0.1) is 0 Å². The van der Waals surface area contributed by atoms with E-state index in [1.165, 1.54) is 24.0 Å². The first-order valence-corrected chi connectivity index (χ1v) is 12.1. The Bertz CT molecular complexity index is 1100. The first-order chi connectivity index (χ1) is 16.6. The average Bonchev–Trinajstić information content (AvgIpc) is 3.42. The van der Waals surface area contributed by atoms with Gasteiger partial charge in [0.1, 0.15) is 0 Å². The lowest BCUT2D eigenvalue weighted by atomic mass is 10.1. The van der Waals surface area contributed by atoms with Crippen LogP contribution in [0.4, 0.5) is 5.69 Å². The molecule has 178 valence electrons. The van der Waals surface area contributed by atoms with Crippen molar-refractivity contribution in [2.24, 2.45) is 0 Å². The number of methoxy groups -OCH3 is 3. The molecule has 1 saturated carbocycles. The maximum absolute atomic E-state index is 5.93. The Balaban J connectivity index is 1.55. The Kier molecular flexibility index (Phi) is 7.91. The molecular weight excluding hydrogens is 444 g/mol. The molecule has 0 aliphatic heterocycles. The van der Waals surface area contributed by atoms with Gasteiger partial charge in [0.25, 0.3) is 0 Å². The van der Waals surface area contributed by atoms with Gasteiger partial charge in [0.05, 0.1) is 21.3 Å². The van der Waals surface area contributed by atoms with Gasteiger partial charge in [0.2, 0.25) is 5.75 Å². The van der Waals surface area contributed by atoms with Crippen LogP contribution in [-0.4, -0.2) is 37.4 Å². The number of rotatable bonds is 8. The van der Waals surface area contributed by atoms with E-state index in [4.69, 9.17) is 26.4 Å². The van der Waals surface area contributed by atoms with Crippen LogP contribution in [0.1, 0.15) is 31.2 Å². The maximum Gasteiger partial charge on any atom is 0.203 e. The van der Waals surface area contributed by atoms with E-state index < -0.39 is 0 Å². The van der Waals surface area contributed by atoms with E-state index in [2.05, 4.69) is 58.7 Å². The van der Waals surface area contributed by atoms with Crippen LogP contribution in [0.25, 0.3) is 11.1 Å². The highest BCUT2D eigenvalue weighted by Crippen LogP contribution is 2.41. The van der Waals surface area contributed by atoms with Gasteiger partial charge < -0.3 is 24.4 Å². The van der Waals surface area contributed by atoms with E-state index in [1.807, 2.05) is 18.2 Å². The fourth-order valence-electron chi connectivity index (χ4n) is 4.63. The minimum Gasteiger partial charge on any atom is -0.493 e. The number of nitrogens with one attached hydrogen (secondary N) is 1. The third kappa shape index (κ3) is 5.28. The molecule has 4 rings (SSSR count). The van der Waals surface area contributed by atoms with Gasteiger partial charge >= 0.3 is 0 Å². The molecule has 3 aromatic rings. The summed E-state index contributed by atoms with van der Waals surface area (Å²) in [5, 5.41) is 4.19. The van der Waals surface area contributed by atoms with Crippen molar-refractivity contribution >= 4 is 23.0 Å². The zero-order chi connectivity index (χ0) is 23.9. The second-order valence-electron chi connectivity index (χ2n) is 8.43. The average molecular weight is 477 g/mol. The molecule has 1 aliphatic rings. The monoisotopic (exact) mass is 476 g/mol. The summed E-state index contributed by atoms with van der Waals surface area (Å²) in [5.41, 5.74) is 4.37. The number of nitrogens with zero attached hydrogens (tertiary/aromatic N) is 1. The Hall–Kier alpha value is -3.25. The second-order valence-corrected chi connectivity index (χ2v) is 8.82. The van der Waals surface area contributed by atoms with Crippen LogP contribution in [0.15, 0.2) is 66.7 Å². The van der Waals surface area contributed by atoms with Crippen LogP contribution >= 0.6 is 12.2 Å². The summed E-state index contributed by atoms with van der Waals surface area (Å²) in [6.07, 6.45) is 4.70. The summed E-state index contributed by atoms with van der Waals surface area (Å²) >= 11 is 5.93. The van der Waals surface area contributed by atoms with Crippen molar-refractivity contribution in [2.45, 2.75) is 38.3 Å². The highest BCUT2D eigenvalue weighted by atomic mass is 32.1. The van der Waals surface area contributed by atoms with E-state index >= 15 is 0 Å². The fraction of sp³-hybridized carbons (Fsp3) is 0.321. The molecule has 1 fully saturated rings. The van der Waals surface area contributed by atoms with E-state index in [9.17, 15) is 0 Å². The van der Waals surface area contributed by atoms with Crippen molar-refractivity contribution in [3.8, 4) is 28.4 Å². The Morgan fingerprint density at radius 3 is 2.09 bits per heavy atom. The Morgan fingerprint density at radius 1 is 0.824 bits per heavy atom. The topological polar surface area (TPSA) is 43.0 Å². The summed E-state index contributed by atoms with van der Waals surface area (Å²) in [6.45, 7) is 0.627. The van der Waals surface area contributed by atoms with Gasteiger partial charge in [0, 0.05) is 23.8 Å². The van der Waals surface area contributed by atoms with Gasteiger partial charge in [-0.25, -0.2) is 0 Å². The molecular formula is C28H32N2O3S. The minimum absolute atomic E-state index is 0.390. The molecule has 0 aromatic heterocycles. The van der Waals surface area contributed by atoms with Gasteiger partial charge in [0.15, 0.2) is 16.6 Å². The molecule has 0 bridgehead atoms. The summed E-state index contributed by atoms with van der Waals surface area (Å²) in [4.78, 5) is 2.29. The van der Waals surface area contributed by atoms with E-state index in [1.54, 1.807) is 21.3 Å². The van der Waals surface area contributed by atoms with Gasteiger partial charge in [-0.15, -0.1) is 0 Å². The normalized spacial score (nSPS) is 13.4. The quantitative estimate of drug-likeness (QED) is 0.373. The van der Waals surface area contributed by atoms with Gasteiger partial charge in [-0.05, 0) is 60.5 Å². The summed E-state index contributed by atoms with van der Waals surface area (Å²) in [7, 11) is 4.92. The molecule has 34 heavy (non-hydrogen) atoms. The van der Waals surface area contributed by atoms with Crippen molar-refractivity contribution < 1.29 is 14.2 Å². The molecule has 0 heterocycles. The van der Waals surface area contributed by atoms with Crippen LogP contribution < -0.4 is 19.5 Å². The van der Waals surface area contributed by atoms with E-state index in [-0.39, 0.29) is 0 Å². The number of ether oxygens (including phenoxy) is 3. The molecule has 1 N–H and O–H groups in total. The zero-order valence-corrected chi connectivity index (χ0v) is 20.9. The molecule has 0 unspecified atom stereocenters. The molecule has 0 saturated heterocycles. The highest BCUT2D eigenvalue weighted by molar-refractivity contribution is 7.80. The first-order valence-electron chi connectivity index (χ1n) is 11.7. The van der Waals surface area contributed by atoms with Gasteiger partial charge in [-0.1, -0.05) is 55.3 Å². The van der Waals surface area contributed by atoms with Crippen molar-refractivity contribution in [1.29, 1.82) is 0 Å². The van der Waals surface area contributed by atoms with Crippen molar-refractivity contribution in [3.63, 3.8) is 0 Å². The Labute approximate surface area is 207 Å². The number of hydrogen-bond acceptors (Lipinski definition) is 4. The standard InChI is InChI=1S/C28H32N2O3S/c1-31-25-18-15-22(26(32-2)27(25)33-3)19-30(24-11-7-8-12-24)28(34)29-23-16-13-21(14-17-23)20-9-5-4-6-10-20/h4-6,9-10,13-18,24H,7-8,11-12,19H2,1-3H3,(H,29,34). The molecule has 0 radical (unpaired) electrons. The smallest absolute Gasteiger partial charge is 0.203 e. The van der Waals surface area contributed by atoms with Crippen LogP contribution in [-0.2, 0) is 6.54 Å². The number of hydrogen-bond donors (Lipinski definition) is 1. The number of anilines is 1. The molecule has 6 heteroatoms. The fourth-order valence-corrected chi connectivity index (χ4v) is 4.96. The van der Waals surface area contributed by atoms with Gasteiger partial charge in [-0.2, -0.15) is 0 Å². The molecule has 3 aromatic carbocycles. The highest BCUT2D eigenvalue weighted by Gasteiger charge is 2.27. The van der Waals surface area contributed by atoms with Crippen molar-refractivity contribution in [1.82, 2.24) is 4.90 Å². The number of benzene rings is 3. The lowest BCUT2D eigenvalue weighted by molar-refractivity contribution is 0.295. The SMILES string of the molecule is COc1ccc(CN(C(=S)Nc2ccc(-c3ccccc3)cc2)C2CCCC2)c(OC)c1OC. The Morgan fingerprint density at radius 2 is 1.47 bits per heavy atom. The van der Waals surface area contributed by atoms with Crippen LogP contribution in [0.5, 0.6) is 17.2 Å². The summed E-state index contributed by atoms with van der Waals surface area (Å²) in [5.74, 6) is 1.93. The van der Waals surface area contributed by atoms with E-state index in [0.29, 0.717) is 29.8 Å². The van der Waals surface area contributed by atoms with Gasteiger partial charge in [-0.3, -0.25) is 0 Å². The molecule has 0 amide bonds. The number of thiocarbonyl (C=S) groups is 1. The van der Waals surface area contributed by atoms with Crippen molar-refractivity contribution in [3.05, 3.63) is 72.3 Å². The van der Waals surface area contributed by atoms with E-state index in [0.717, 1.165) is 29.2 Å². The predicted molar refractivity (Wildman–Crippen MR) is 142 cm³/mol. The van der Waals surface area contributed by atoms with Crippen LogP contribution in [0.2, 0.25) is 0 Å². The van der Waals surface area contributed by atoms with Crippen LogP contribution in [0.3, 0.4) is 0 Å². The summed E-state index contributed by atoms with van der Waals surface area (Å²) < 4.78 is 16.8. The largest absolute Gasteiger partial charge is 0.493 e. The third-order valence-corrected chi connectivity index (χ3v) is 6.73. The molecule has 1 aliphatic carbocycles. The lowest BCUT2D eigenvalue weighted by Crippen LogP contribution is -2.41. The molecule has 0 atom stereocenters. The minimum atomic E-state index is 0.390. The maximum atomic E-state index is 5.93. The summed E-state index contributed by atoms with van der Waals surface area (Å²) in [6, 6.07) is 23.1. The first kappa shape index (κ1) is 23.9. The molecule has 0 spiro atoms. The predicted octanol–water partition coefficient (Wildman–Crippen LogP) is 6.52. The second kappa shape index (κ2) is 11.3.